The van der Waals surface area contributed by atoms with Crippen LogP contribution in [0.3, 0.4) is 0 Å². The summed E-state index contributed by atoms with van der Waals surface area (Å²) < 4.78 is 54.9. The molecule has 0 radical (unpaired) electrons. The molecule has 220 valence electrons. The van der Waals surface area contributed by atoms with Crippen molar-refractivity contribution in [3.05, 3.63) is 70.8 Å². The van der Waals surface area contributed by atoms with Crippen LogP contribution in [0.2, 0.25) is 5.02 Å². The fourth-order valence-corrected chi connectivity index (χ4v) is 5.58. The summed E-state index contributed by atoms with van der Waals surface area (Å²) in [5.41, 5.74) is -0.716. The Kier molecular flexibility index (Phi) is 6.45. The van der Waals surface area contributed by atoms with Crippen molar-refractivity contribution >= 4 is 34.9 Å². The van der Waals surface area contributed by atoms with Crippen molar-refractivity contribution < 1.29 is 32.2 Å². The molecule has 1 N–H and O–H groups in total. The molecule has 43 heavy (non-hydrogen) atoms. The normalized spacial score (nSPS) is 19.1. The van der Waals surface area contributed by atoms with Gasteiger partial charge in [0.05, 0.1) is 41.0 Å². The van der Waals surface area contributed by atoms with Gasteiger partial charge in [0.15, 0.2) is 17.4 Å². The lowest BCUT2D eigenvalue weighted by molar-refractivity contribution is -0.118. The van der Waals surface area contributed by atoms with Gasteiger partial charge in [0.2, 0.25) is 18.4 Å². The van der Waals surface area contributed by atoms with Crippen LogP contribution in [-0.2, 0) is 4.79 Å². The highest BCUT2D eigenvalue weighted by Gasteiger charge is 2.53. The Morgan fingerprint density at radius 2 is 1.95 bits per heavy atom. The smallest absolute Gasteiger partial charge is 0.275 e. The number of benzene rings is 1. The van der Waals surface area contributed by atoms with E-state index in [9.17, 15) is 22.8 Å². The molecule has 0 spiro atoms. The van der Waals surface area contributed by atoms with Gasteiger partial charge in [-0.25, -0.2) is 23.1 Å². The number of carbonyl (C=O) groups is 2. The number of piperidine rings is 1. The Balaban J connectivity index is 1.11. The third-order valence-electron chi connectivity index (χ3n) is 7.77. The topological polar surface area (TPSA) is 124 Å². The van der Waals surface area contributed by atoms with Crippen LogP contribution in [-0.4, -0.2) is 49.9 Å². The van der Waals surface area contributed by atoms with Gasteiger partial charge in [-0.3, -0.25) is 24.2 Å². The quantitative estimate of drug-likeness (QED) is 0.308. The molecule has 2 amide bonds. The number of aromatic nitrogens is 5. The molecular formula is C28H21ClF3N7O4. The number of hydrogen-bond acceptors (Lipinski definition) is 8. The number of hydrogen-bond donors (Lipinski definition) is 1. The van der Waals surface area contributed by atoms with Crippen molar-refractivity contribution in [3.8, 4) is 22.8 Å². The molecule has 1 aromatic carbocycles. The van der Waals surface area contributed by atoms with E-state index in [4.69, 9.17) is 21.1 Å². The van der Waals surface area contributed by atoms with Crippen LogP contribution in [0.1, 0.15) is 47.4 Å². The largest absolute Gasteiger partial charge is 0.453 e. The van der Waals surface area contributed by atoms with E-state index in [1.807, 2.05) is 6.92 Å². The summed E-state index contributed by atoms with van der Waals surface area (Å²) in [5.74, 6) is -0.0164. The number of alkyl halides is 2. The molecule has 0 bridgehead atoms. The molecule has 11 nitrogen and oxygen atoms in total. The average molecular weight is 612 g/mol. The van der Waals surface area contributed by atoms with Crippen LogP contribution >= 0.6 is 11.6 Å². The molecule has 4 aromatic rings. The van der Waals surface area contributed by atoms with Crippen LogP contribution in [0.4, 0.5) is 24.7 Å². The lowest BCUT2D eigenvalue weighted by atomic mass is 10.0. The van der Waals surface area contributed by atoms with Crippen LogP contribution < -0.4 is 19.7 Å². The molecule has 1 unspecified atom stereocenters. The number of anilines is 2. The number of halogens is 4. The maximum Gasteiger partial charge on any atom is 0.275 e. The van der Waals surface area contributed by atoms with Gasteiger partial charge in [-0.15, -0.1) is 0 Å². The zero-order valence-electron chi connectivity index (χ0n) is 22.3. The first kappa shape index (κ1) is 27.1. The van der Waals surface area contributed by atoms with Crippen LogP contribution in [0.25, 0.3) is 11.3 Å². The van der Waals surface area contributed by atoms with Gasteiger partial charge in [0, 0.05) is 41.5 Å². The van der Waals surface area contributed by atoms with Gasteiger partial charge in [0.1, 0.15) is 5.69 Å². The Morgan fingerprint density at radius 1 is 1.14 bits per heavy atom. The zero-order valence-corrected chi connectivity index (χ0v) is 23.1. The average Bonchev–Trinajstić information content (AvgIpc) is 3.29. The number of nitrogens with zero attached hydrogens (tertiary/aromatic N) is 6. The predicted molar refractivity (Wildman–Crippen MR) is 146 cm³/mol. The highest BCUT2D eigenvalue weighted by Crippen LogP contribution is 2.51. The summed E-state index contributed by atoms with van der Waals surface area (Å²) in [4.78, 5) is 39.8. The summed E-state index contributed by atoms with van der Waals surface area (Å²) in [6, 6.07) is 1.62. The maximum atomic E-state index is 14.7. The third kappa shape index (κ3) is 4.61. The SMILES string of the molecule is CC(c1cnc(N2C[C@H]3C[C@H]3C2=O)c2c1OCO2)n1cc(NC(=O)c2cncc(-c3c(C(F)F)ccc(Cl)c3F)n2)cn1. The van der Waals surface area contributed by atoms with E-state index in [0.717, 1.165) is 30.9 Å². The molecule has 1 aliphatic carbocycles. The van der Waals surface area contributed by atoms with E-state index >= 15 is 0 Å². The van der Waals surface area contributed by atoms with E-state index in [2.05, 4.69) is 25.4 Å². The van der Waals surface area contributed by atoms with Crippen LogP contribution in [0.5, 0.6) is 11.5 Å². The third-order valence-corrected chi connectivity index (χ3v) is 8.07. The van der Waals surface area contributed by atoms with Crippen molar-refractivity contribution in [2.75, 3.05) is 23.6 Å². The summed E-state index contributed by atoms with van der Waals surface area (Å²) in [6.45, 7) is 2.45. The number of carbonyl (C=O) groups excluding carboxylic acids is 2. The zero-order chi connectivity index (χ0) is 30.0. The molecule has 2 aliphatic heterocycles. The van der Waals surface area contributed by atoms with Crippen molar-refractivity contribution in [2.24, 2.45) is 11.8 Å². The molecule has 3 aromatic heterocycles. The van der Waals surface area contributed by atoms with Gasteiger partial charge < -0.3 is 14.8 Å². The Labute approximate surface area is 246 Å². The van der Waals surface area contributed by atoms with Gasteiger partial charge in [-0.1, -0.05) is 17.7 Å². The van der Waals surface area contributed by atoms with Crippen molar-refractivity contribution in [2.45, 2.75) is 25.8 Å². The molecule has 3 atom stereocenters. The lowest BCUT2D eigenvalue weighted by Gasteiger charge is -2.21. The summed E-state index contributed by atoms with van der Waals surface area (Å²) >= 11 is 5.81. The molecule has 5 heterocycles. The van der Waals surface area contributed by atoms with Crippen molar-refractivity contribution in [1.82, 2.24) is 24.7 Å². The molecule has 1 saturated heterocycles. The molecule has 3 aliphatic rings. The number of rotatable bonds is 7. The highest BCUT2D eigenvalue weighted by molar-refractivity contribution is 6.31. The fraction of sp³-hybridized carbons (Fsp3) is 0.286. The second kappa shape index (κ2) is 10.2. The van der Waals surface area contributed by atoms with E-state index in [-0.39, 0.29) is 35.0 Å². The second-order valence-corrected chi connectivity index (χ2v) is 10.8. The Hall–Kier alpha value is -4.72. The molecule has 15 heteroatoms. The number of nitrogens with one attached hydrogen (secondary N) is 1. The van der Waals surface area contributed by atoms with Gasteiger partial charge in [0.25, 0.3) is 12.3 Å². The van der Waals surface area contributed by atoms with Crippen molar-refractivity contribution in [3.63, 3.8) is 0 Å². The first-order valence-electron chi connectivity index (χ1n) is 13.2. The molecular weight excluding hydrogens is 591 g/mol. The van der Waals surface area contributed by atoms with E-state index in [1.54, 1.807) is 22.0 Å². The minimum Gasteiger partial charge on any atom is -0.453 e. The standard InChI is InChI=1S/C28H21ClF3N7O4/c1-12(17-6-34-26(24-23(17)42-11-43-24)38-9-13-4-16(13)28(38)41)39-10-14(5-35-39)36-27(40)20-8-33-7-19(37-20)21-15(25(31)32)2-3-18(29)22(21)30/h2-3,5-8,10,12-13,16,25H,4,9,11H2,1H3,(H,36,40)/t12?,13-,16-/m1/s1. The first-order chi connectivity index (χ1) is 20.7. The molecule has 1 saturated carbocycles. The fourth-order valence-electron chi connectivity index (χ4n) is 5.42. The summed E-state index contributed by atoms with van der Waals surface area (Å²) in [6.07, 6.45) is 4.70. The Morgan fingerprint density at radius 3 is 2.72 bits per heavy atom. The number of pyridine rings is 1. The van der Waals surface area contributed by atoms with E-state index in [1.165, 1.54) is 6.20 Å². The van der Waals surface area contributed by atoms with Crippen LogP contribution in [0, 0.1) is 17.7 Å². The number of fused-ring (bicyclic) bond motifs is 2. The van der Waals surface area contributed by atoms with E-state index in [0.29, 0.717) is 41.0 Å². The molecule has 2 fully saturated rings. The number of ether oxygens (including phenoxy) is 2. The van der Waals surface area contributed by atoms with Gasteiger partial charge in [-0.05, 0) is 25.3 Å². The predicted octanol–water partition coefficient (Wildman–Crippen LogP) is 5.04. The summed E-state index contributed by atoms with van der Waals surface area (Å²) in [7, 11) is 0. The summed E-state index contributed by atoms with van der Waals surface area (Å²) in [5, 5.41) is 6.60. The van der Waals surface area contributed by atoms with Gasteiger partial charge in [-0.2, -0.15) is 5.10 Å². The minimum atomic E-state index is -3.01. The van der Waals surface area contributed by atoms with Crippen LogP contribution in [0.15, 0.2) is 43.1 Å². The monoisotopic (exact) mass is 611 g/mol. The number of amides is 2. The van der Waals surface area contributed by atoms with Crippen molar-refractivity contribution in [1.29, 1.82) is 0 Å². The lowest BCUT2D eigenvalue weighted by Crippen LogP contribution is -2.29. The minimum absolute atomic E-state index is 0.0129. The second-order valence-electron chi connectivity index (χ2n) is 10.4. The van der Waals surface area contributed by atoms with E-state index < -0.39 is 35.3 Å². The maximum absolute atomic E-state index is 14.7. The van der Waals surface area contributed by atoms with Gasteiger partial charge >= 0.3 is 0 Å². The first-order valence-corrected chi connectivity index (χ1v) is 13.6. The highest BCUT2D eigenvalue weighted by atomic mass is 35.5. The molecule has 7 rings (SSSR count). The Bertz CT molecular complexity index is 1800.